The number of carboxylic acid groups (broad SMARTS) is 2. The van der Waals surface area contributed by atoms with Crippen molar-refractivity contribution in [1.82, 2.24) is 24.6 Å². The number of benzene rings is 2. The molecule has 2 atom stereocenters. The fourth-order valence-electron chi connectivity index (χ4n) is 3.70. The van der Waals surface area contributed by atoms with Crippen molar-refractivity contribution in [2.45, 2.75) is 31.4 Å². The van der Waals surface area contributed by atoms with Crippen LogP contribution in [-0.2, 0) is 9.59 Å². The average molecular weight is 763 g/mol. The predicted molar refractivity (Wildman–Crippen MR) is 174 cm³/mol. The molecule has 0 radical (unpaired) electrons. The number of nitrogens with one attached hydrogen (secondary N) is 3. The largest absolute Gasteiger partial charge is 0.497 e. The van der Waals surface area contributed by atoms with Gasteiger partial charge in [-0.2, -0.15) is 31.0 Å². The Hall–Kier alpha value is -6.19. The first-order valence-electron chi connectivity index (χ1n) is 14.6. The van der Waals surface area contributed by atoms with E-state index in [0.717, 1.165) is 4.68 Å². The number of methoxy groups -OCH3 is 1. The number of pyridine rings is 1. The van der Waals surface area contributed by atoms with Gasteiger partial charge in [0.1, 0.15) is 24.2 Å². The molecule has 4 aromatic rings. The maximum atomic E-state index is 16.1. The Morgan fingerprint density at radius 1 is 1.04 bits per heavy atom. The van der Waals surface area contributed by atoms with E-state index in [-0.39, 0.29) is 35.6 Å². The molecule has 0 aliphatic heterocycles. The van der Waals surface area contributed by atoms with Crippen LogP contribution in [0.2, 0.25) is 0 Å². The number of nitrogens with zero attached hydrogens (tertiary/aromatic N) is 4. The van der Waals surface area contributed by atoms with Crippen LogP contribution in [0.5, 0.6) is 11.5 Å². The molecule has 0 amide bonds. The SMILES string of the molecule is COc1cc(OCC(C)N(C)C)c(F)c(C(Nc2ccc(C(=N)N)cc2)c2nn(-c3ccccn3)c(=O)[nH]2)c1.O=C(O)C(F)(F)F.O=C(O)C(F)(F)F. The van der Waals surface area contributed by atoms with Crippen LogP contribution in [0.25, 0.3) is 5.82 Å². The molecule has 0 aliphatic carbocycles. The first-order valence-corrected chi connectivity index (χ1v) is 14.6. The van der Waals surface area contributed by atoms with Crippen LogP contribution in [0, 0.1) is 11.2 Å². The normalized spacial score (nSPS) is 12.3. The molecular formula is C31H33F7N8O7. The van der Waals surface area contributed by atoms with Crippen molar-refractivity contribution in [1.29, 1.82) is 5.41 Å². The summed E-state index contributed by atoms with van der Waals surface area (Å²) in [6, 6.07) is 13.9. The zero-order valence-electron chi connectivity index (χ0n) is 28.1. The van der Waals surface area contributed by atoms with E-state index in [2.05, 4.69) is 20.4 Å². The molecule has 53 heavy (non-hydrogen) atoms. The number of ether oxygens (including phenoxy) is 2. The van der Waals surface area contributed by atoms with E-state index in [1.165, 1.54) is 19.2 Å². The van der Waals surface area contributed by atoms with Gasteiger partial charge in [-0.3, -0.25) is 10.4 Å². The third kappa shape index (κ3) is 12.8. The van der Waals surface area contributed by atoms with Crippen LogP contribution < -0.4 is 26.2 Å². The van der Waals surface area contributed by atoms with Gasteiger partial charge in [0.15, 0.2) is 23.2 Å². The Morgan fingerprint density at radius 2 is 1.60 bits per heavy atom. The van der Waals surface area contributed by atoms with E-state index in [4.69, 9.17) is 40.4 Å². The lowest BCUT2D eigenvalue weighted by Crippen LogP contribution is -2.30. The fraction of sp³-hybridized carbons (Fsp3) is 0.290. The molecule has 2 heterocycles. The number of nitrogens with two attached hydrogens (primary N) is 1. The number of amidine groups is 1. The quantitative estimate of drug-likeness (QED) is 0.0720. The summed E-state index contributed by atoms with van der Waals surface area (Å²) in [7, 11) is 5.30. The summed E-state index contributed by atoms with van der Waals surface area (Å²) < 4.78 is 91.9. The lowest BCUT2D eigenvalue weighted by molar-refractivity contribution is -0.193. The Bertz CT molecular complexity index is 1880. The summed E-state index contributed by atoms with van der Waals surface area (Å²) in [6.07, 6.45) is -8.62. The number of aliphatic carboxylic acids is 2. The van der Waals surface area contributed by atoms with Crippen molar-refractivity contribution in [2.24, 2.45) is 5.73 Å². The first kappa shape index (κ1) is 43.0. The molecule has 0 spiro atoms. The zero-order chi connectivity index (χ0) is 40.3. The molecule has 2 aromatic carbocycles. The maximum absolute atomic E-state index is 16.1. The molecule has 0 aliphatic rings. The second-order valence-electron chi connectivity index (χ2n) is 10.7. The van der Waals surface area contributed by atoms with Gasteiger partial charge in [0.2, 0.25) is 0 Å². The molecule has 2 unspecified atom stereocenters. The molecule has 0 fully saturated rings. The number of rotatable bonds is 11. The van der Waals surface area contributed by atoms with Crippen LogP contribution in [0.1, 0.15) is 29.9 Å². The Labute approximate surface area is 295 Å². The molecule has 0 saturated heterocycles. The highest BCUT2D eigenvalue weighted by molar-refractivity contribution is 5.95. The van der Waals surface area contributed by atoms with E-state index in [1.807, 2.05) is 25.9 Å². The van der Waals surface area contributed by atoms with Crippen molar-refractivity contribution < 1.29 is 60.0 Å². The smallest absolute Gasteiger partial charge is 0.490 e. The number of nitrogen functional groups attached to an aromatic ring is 1. The molecule has 7 N–H and O–H groups in total. The van der Waals surface area contributed by atoms with Crippen molar-refractivity contribution in [2.75, 3.05) is 33.1 Å². The van der Waals surface area contributed by atoms with E-state index in [9.17, 15) is 31.1 Å². The highest BCUT2D eigenvalue weighted by Crippen LogP contribution is 2.35. The molecule has 2 aromatic heterocycles. The summed E-state index contributed by atoms with van der Waals surface area (Å²) in [5.41, 5.74) is 6.29. The Kier molecular flexibility index (Phi) is 14.9. The van der Waals surface area contributed by atoms with Gasteiger partial charge >= 0.3 is 30.0 Å². The molecule has 0 bridgehead atoms. The highest BCUT2D eigenvalue weighted by atomic mass is 19.4. The van der Waals surface area contributed by atoms with Gasteiger partial charge in [-0.15, -0.1) is 5.10 Å². The summed E-state index contributed by atoms with van der Waals surface area (Å²) in [6.45, 7) is 2.20. The van der Waals surface area contributed by atoms with Gasteiger partial charge in [-0.1, -0.05) is 6.07 Å². The number of anilines is 1. The molecule has 22 heteroatoms. The minimum Gasteiger partial charge on any atom is -0.497 e. The third-order valence-electron chi connectivity index (χ3n) is 6.72. The van der Waals surface area contributed by atoms with E-state index in [1.54, 1.807) is 48.7 Å². The van der Waals surface area contributed by atoms with Gasteiger partial charge < -0.3 is 35.6 Å². The van der Waals surface area contributed by atoms with Crippen LogP contribution >= 0.6 is 0 Å². The van der Waals surface area contributed by atoms with Gasteiger partial charge in [-0.05, 0) is 63.5 Å². The third-order valence-corrected chi connectivity index (χ3v) is 6.72. The van der Waals surface area contributed by atoms with Crippen LogP contribution in [0.15, 0.2) is 65.6 Å². The number of aromatic amines is 1. The Balaban J connectivity index is 0.000000587. The number of carbonyl (C=O) groups is 2. The number of halogens is 7. The fourth-order valence-corrected chi connectivity index (χ4v) is 3.70. The van der Waals surface area contributed by atoms with Crippen molar-refractivity contribution in [3.8, 4) is 17.3 Å². The van der Waals surface area contributed by atoms with Crippen LogP contribution in [0.3, 0.4) is 0 Å². The number of carboxylic acids is 2. The monoisotopic (exact) mass is 762 g/mol. The van der Waals surface area contributed by atoms with Crippen molar-refractivity contribution in [3.05, 3.63) is 94.0 Å². The molecule has 4 rings (SSSR count). The average Bonchev–Trinajstić information content (AvgIpc) is 3.48. The minimum atomic E-state index is -5.08. The number of alkyl halides is 6. The minimum absolute atomic E-state index is 0.00304. The van der Waals surface area contributed by atoms with Crippen LogP contribution in [0.4, 0.5) is 36.4 Å². The van der Waals surface area contributed by atoms with E-state index in [0.29, 0.717) is 22.8 Å². The second kappa shape index (κ2) is 18.3. The van der Waals surface area contributed by atoms with Gasteiger partial charge in [0.05, 0.1) is 7.11 Å². The number of aromatic nitrogens is 4. The number of likely N-dealkylation sites (N-methyl/N-ethyl adjacent to an activating group) is 1. The molecular weight excluding hydrogens is 729 g/mol. The summed E-state index contributed by atoms with van der Waals surface area (Å²) in [5.74, 6) is -5.41. The number of H-pyrrole nitrogens is 1. The van der Waals surface area contributed by atoms with Gasteiger partial charge in [0.25, 0.3) is 0 Å². The van der Waals surface area contributed by atoms with Crippen molar-refractivity contribution >= 4 is 23.5 Å². The molecule has 15 nitrogen and oxygen atoms in total. The summed E-state index contributed by atoms with van der Waals surface area (Å²) in [4.78, 5) is 39.5. The molecule has 0 saturated carbocycles. The first-order chi connectivity index (χ1) is 24.6. The summed E-state index contributed by atoms with van der Waals surface area (Å²) in [5, 5.41) is 29.6. The second-order valence-corrected chi connectivity index (χ2v) is 10.7. The standard InChI is InChI=1S/C27H31FN8O3.2C2HF3O2/c1-16(35(2)3)15-39-21-14-19(38-4)13-20(23(21)28)24(32-18-10-8-17(9-11-18)25(29)30)26-33-27(37)36(34-26)22-7-5-6-12-31-22;2*3-2(4,5)1(6)7/h5-14,16,24,32H,15H2,1-4H3,(H3,29,30)(H,33,34,37);2*(H,6,7). The van der Waals surface area contributed by atoms with Gasteiger partial charge in [0, 0.05) is 35.1 Å². The number of hydrogen-bond acceptors (Lipinski definition) is 10. The van der Waals surface area contributed by atoms with Crippen LogP contribution in [-0.4, -0.2) is 98.8 Å². The lowest BCUT2D eigenvalue weighted by atomic mass is 10.0. The Morgan fingerprint density at radius 3 is 2.06 bits per heavy atom. The molecule has 288 valence electrons. The van der Waals surface area contributed by atoms with E-state index >= 15 is 4.39 Å². The summed E-state index contributed by atoms with van der Waals surface area (Å²) >= 11 is 0. The van der Waals surface area contributed by atoms with Gasteiger partial charge in [-0.25, -0.2) is 23.8 Å². The highest BCUT2D eigenvalue weighted by Gasteiger charge is 2.39. The predicted octanol–water partition coefficient (Wildman–Crippen LogP) is 4.18. The zero-order valence-corrected chi connectivity index (χ0v) is 28.1. The van der Waals surface area contributed by atoms with E-state index < -0.39 is 41.8 Å². The number of hydrogen-bond donors (Lipinski definition) is 6. The van der Waals surface area contributed by atoms with Crippen molar-refractivity contribution in [3.63, 3.8) is 0 Å². The lowest BCUT2D eigenvalue weighted by Gasteiger charge is -2.23. The topological polar surface area (TPSA) is 222 Å². The maximum Gasteiger partial charge on any atom is 0.490 e.